The maximum Gasteiger partial charge on any atom is 0.337 e. The average molecular weight is 325 g/mol. The summed E-state index contributed by atoms with van der Waals surface area (Å²) < 4.78 is 14.0. The number of carboxylic acid groups (broad SMARTS) is 1. The molecule has 1 aromatic carbocycles. The van der Waals surface area contributed by atoms with Crippen LogP contribution in [0.4, 0.5) is 15.9 Å². The molecule has 4 nitrogen and oxygen atoms in total. The number of rotatable bonds is 3. The number of carboxylic acids is 1. The molecule has 0 saturated heterocycles. The van der Waals surface area contributed by atoms with E-state index in [1.807, 2.05) is 13.0 Å². The van der Waals surface area contributed by atoms with E-state index in [9.17, 15) is 9.18 Å². The highest BCUT2D eigenvalue weighted by molar-refractivity contribution is 9.10. The van der Waals surface area contributed by atoms with Crippen LogP contribution in [0, 0.1) is 12.7 Å². The van der Waals surface area contributed by atoms with Gasteiger partial charge < -0.3 is 10.4 Å². The first kappa shape index (κ1) is 13.5. The van der Waals surface area contributed by atoms with Crippen molar-refractivity contribution in [3.63, 3.8) is 0 Å². The predicted molar refractivity (Wildman–Crippen MR) is 73.3 cm³/mol. The maximum atomic E-state index is 13.2. The first-order valence-electron chi connectivity index (χ1n) is 5.39. The first-order chi connectivity index (χ1) is 8.97. The molecule has 0 atom stereocenters. The van der Waals surface area contributed by atoms with E-state index in [-0.39, 0.29) is 11.3 Å². The summed E-state index contributed by atoms with van der Waals surface area (Å²) in [6.45, 7) is 1.82. The lowest BCUT2D eigenvalue weighted by molar-refractivity contribution is 0.0698. The van der Waals surface area contributed by atoms with E-state index in [1.165, 1.54) is 6.07 Å². The Morgan fingerprint density at radius 3 is 2.79 bits per heavy atom. The van der Waals surface area contributed by atoms with E-state index in [0.29, 0.717) is 5.82 Å². The highest BCUT2D eigenvalue weighted by Crippen LogP contribution is 2.24. The molecule has 2 rings (SSSR count). The fourth-order valence-electron chi connectivity index (χ4n) is 1.61. The minimum Gasteiger partial charge on any atom is -0.478 e. The Balaban J connectivity index is 2.42. The predicted octanol–water partition coefficient (Wildman–Crippen LogP) is 3.73. The number of hydrogen-bond donors (Lipinski definition) is 2. The molecule has 0 aliphatic carbocycles. The minimum absolute atomic E-state index is 0.00878. The number of anilines is 2. The summed E-state index contributed by atoms with van der Waals surface area (Å²) in [6.07, 6.45) is 1.58. The molecular weight excluding hydrogens is 315 g/mol. The second kappa shape index (κ2) is 5.36. The molecule has 0 bridgehead atoms. The fraction of sp³-hybridized carbons (Fsp3) is 0.0769. The van der Waals surface area contributed by atoms with Crippen molar-refractivity contribution in [1.82, 2.24) is 4.98 Å². The maximum absolute atomic E-state index is 13.2. The van der Waals surface area contributed by atoms with Gasteiger partial charge in [-0.05, 0) is 52.7 Å². The lowest BCUT2D eigenvalue weighted by Crippen LogP contribution is -2.05. The first-order valence-corrected chi connectivity index (χ1v) is 6.18. The van der Waals surface area contributed by atoms with Crippen LogP contribution in [0.2, 0.25) is 0 Å². The third kappa shape index (κ3) is 3.08. The molecule has 6 heteroatoms. The summed E-state index contributed by atoms with van der Waals surface area (Å²) >= 11 is 3.29. The summed E-state index contributed by atoms with van der Waals surface area (Å²) in [4.78, 5) is 15.2. The van der Waals surface area contributed by atoms with Crippen LogP contribution in [0.3, 0.4) is 0 Å². The van der Waals surface area contributed by atoms with Gasteiger partial charge in [0.05, 0.1) is 11.3 Å². The van der Waals surface area contributed by atoms with Gasteiger partial charge >= 0.3 is 5.97 Å². The highest BCUT2D eigenvalue weighted by Gasteiger charge is 2.12. The highest BCUT2D eigenvalue weighted by atomic mass is 79.9. The van der Waals surface area contributed by atoms with Crippen molar-refractivity contribution in [2.75, 3.05) is 5.32 Å². The van der Waals surface area contributed by atoms with Gasteiger partial charge in [0.25, 0.3) is 0 Å². The molecule has 0 aliphatic rings. The molecule has 0 unspecified atom stereocenters. The number of aryl methyl sites for hydroxylation is 1. The zero-order valence-electron chi connectivity index (χ0n) is 9.95. The van der Waals surface area contributed by atoms with Crippen LogP contribution in [0.5, 0.6) is 0 Å². The molecule has 0 saturated carbocycles. The topological polar surface area (TPSA) is 62.2 Å². The van der Waals surface area contributed by atoms with Crippen LogP contribution < -0.4 is 5.32 Å². The summed E-state index contributed by atoms with van der Waals surface area (Å²) in [5.41, 5.74) is 0.978. The largest absolute Gasteiger partial charge is 0.478 e. The quantitative estimate of drug-likeness (QED) is 0.902. The Morgan fingerprint density at radius 2 is 2.16 bits per heavy atom. The van der Waals surface area contributed by atoms with Gasteiger partial charge in [-0.25, -0.2) is 14.2 Å². The molecule has 0 spiro atoms. The number of benzene rings is 1. The van der Waals surface area contributed by atoms with Crippen LogP contribution in [0.15, 0.2) is 34.9 Å². The van der Waals surface area contributed by atoms with Gasteiger partial charge in [0.15, 0.2) is 0 Å². The Morgan fingerprint density at radius 1 is 1.42 bits per heavy atom. The number of nitrogens with one attached hydrogen (secondary N) is 1. The molecule has 2 N–H and O–H groups in total. The van der Waals surface area contributed by atoms with Gasteiger partial charge in [0.1, 0.15) is 11.6 Å². The molecule has 0 fully saturated rings. The van der Waals surface area contributed by atoms with Crippen molar-refractivity contribution < 1.29 is 14.3 Å². The zero-order chi connectivity index (χ0) is 14.0. The van der Waals surface area contributed by atoms with Crippen molar-refractivity contribution in [1.29, 1.82) is 0 Å². The third-order valence-corrected chi connectivity index (χ3v) is 2.94. The zero-order valence-corrected chi connectivity index (χ0v) is 11.5. The molecule has 1 heterocycles. The van der Waals surface area contributed by atoms with Crippen LogP contribution in [0.25, 0.3) is 0 Å². The standard InChI is InChI=1S/C13H10BrFN2O2/c1-7-4-8(14)6-16-12(7)17-11-5-9(15)2-3-10(11)13(18)19/h2-6H,1H3,(H,16,17)(H,18,19). The molecule has 2 aromatic rings. The molecule has 98 valence electrons. The van der Waals surface area contributed by atoms with Gasteiger partial charge in [-0.1, -0.05) is 0 Å². The Kier molecular flexibility index (Phi) is 3.80. The third-order valence-electron chi connectivity index (χ3n) is 2.51. The molecular formula is C13H10BrFN2O2. The summed E-state index contributed by atoms with van der Waals surface area (Å²) in [5.74, 6) is -1.16. The molecule has 19 heavy (non-hydrogen) atoms. The lowest BCUT2D eigenvalue weighted by atomic mass is 10.1. The van der Waals surface area contributed by atoms with Gasteiger partial charge in [0, 0.05) is 10.7 Å². The van der Waals surface area contributed by atoms with Crippen molar-refractivity contribution >= 4 is 33.4 Å². The number of hydrogen-bond acceptors (Lipinski definition) is 3. The summed E-state index contributed by atoms with van der Waals surface area (Å²) in [6, 6.07) is 5.28. The van der Waals surface area contributed by atoms with E-state index >= 15 is 0 Å². The van der Waals surface area contributed by atoms with Gasteiger partial charge in [0.2, 0.25) is 0 Å². The SMILES string of the molecule is Cc1cc(Br)cnc1Nc1cc(F)ccc1C(=O)O. The summed E-state index contributed by atoms with van der Waals surface area (Å²) in [7, 11) is 0. The van der Waals surface area contributed by atoms with Crippen molar-refractivity contribution in [3.8, 4) is 0 Å². The number of pyridine rings is 1. The number of carbonyl (C=O) groups is 1. The second-order valence-corrected chi connectivity index (χ2v) is 4.85. The summed E-state index contributed by atoms with van der Waals surface area (Å²) in [5, 5.41) is 11.9. The van der Waals surface area contributed by atoms with Crippen LogP contribution >= 0.6 is 15.9 Å². The second-order valence-electron chi connectivity index (χ2n) is 3.94. The van der Waals surface area contributed by atoms with Crippen molar-refractivity contribution in [2.24, 2.45) is 0 Å². The monoisotopic (exact) mass is 324 g/mol. The smallest absolute Gasteiger partial charge is 0.337 e. The Hall–Kier alpha value is -1.95. The van der Waals surface area contributed by atoms with E-state index < -0.39 is 11.8 Å². The van der Waals surface area contributed by atoms with Crippen LogP contribution in [0.1, 0.15) is 15.9 Å². The van der Waals surface area contributed by atoms with Gasteiger partial charge in [-0.15, -0.1) is 0 Å². The lowest BCUT2D eigenvalue weighted by Gasteiger charge is -2.11. The molecule has 0 amide bonds. The van der Waals surface area contributed by atoms with Gasteiger partial charge in [-0.2, -0.15) is 0 Å². The number of aromatic carboxylic acids is 1. The Labute approximate surface area is 117 Å². The van der Waals surface area contributed by atoms with Gasteiger partial charge in [-0.3, -0.25) is 0 Å². The van der Waals surface area contributed by atoms with Crippen LogP contribution in [-0.4, -0.2) is 16.1 Å². The average Bonchev–Trinajstić information content (AvgIpc) is 2.32. The fourth-order valence-corrected chi connectivity index (χ4v) is 2.05. The van der Waals surface area contributed by atoms with E-state index in [2.05, 4.69) is 26.2 Å². The number of nitrogens with zero attached hydrogens (tertiary/aromatic N) is 1. The van der Waals surface area contributed by atoms with Crippen molar-refractivity contribution in [3.05, 3.63) is 51.9 Å². The van der Waals surface area contributed by atoms with Crippen molar-refractivity contribution in [2.45, 2.75) is 6.92 Å². The molecule has 0 radical (unpaired) electrons. The Bertz CT molecular complexity index is 647. The molecule has 0 aliphatic heterocycles. The van der Waals surface area contributed by atoms with E-state index in [1.54, 1.807) is 6.20 Å². The minimum atomic E-state index is -1.13. The van der Waals surface area contributed by atoms with Crippen LogP contribution in [-0.2, 0) is 0 Å². The van der Waals surface area contributed by atoms with E-state index in [0.717, 1.165) is 22.2 Å². The number of aromatic nitrogens is 1. The molecule has 1 aromatic heterocycles. The normalized spacial score (nSPS) is 10.3. The number of halogens is 2. The van der Waals surface area contributed by atoms with E-state index in [4.69, 9.17) is 5.11 Å².